The predicted octanol–water partition coefficient (Wildman–Crippen LogP) is 0.524. The molecule has 94 valence electrons. The predicted molar refractivity (Wildman–Crippen MR) is 66.1 cm³/mol. The number of likely N-dealkylation sites (tertiary alicyclic amines) is 1. The average molecular weight is 227 g/mol. The fourth-order valence-corrected chi connectivity index (χ4v) is 2.38. The van der Waals surface area contributed by atoms with Gasteiger partial charge in [0, 0.05) is 19.6 Å². The maximum atomic E-state index is 11.7. The zero-order chi connectivity index (χ0) is 12.1. The molecule has 4 heteroatoms. The molecular formula is C12H25N3O. The van der Waals surface area contributed by atoms with E-state index in [2.05, 4.69) is 18.9 Å². The highest BCUT2D eigenvalue weighted by Crippen LogP contribution is 2.17. The van der Waals surface area contributed by atoms with Gasteiger partial charge in [-0.2, -0.15) is 0 Å². The summed E-state index contributed by atoms with van der Waals surface area (Å²) in [5.74, 6) is 0.722. The van der Waals surface area contributed by atoms with E-state index < -0.39 is 0 Å². The van der Waals surface area contributed by atoms with Crippen LogP contribution in [0, 0.1) is 5.92 Å². The minimum Gasteiger partial charge on any atom is -0.341 e. The quantitative estimate of drug-likeness (QED) is 0.745. The Morgan fingerprint density at radius 2 is 2.31 bits per heavy atom. The van der Waals surface area contributed by atoms with Gasteiger partial charge >= 0.3 is 0 Å². The molecule has 1 aliphatic heterocycles. The molecule has 0 aromatic heterocycles. The smallest absolute Gasteiger partial charge is 0.239 e. The maximum Gasteiger partial charge on any atom is 0.239 e. The number of rotatable bonds is 5. The lowest BCUT2D eigenvalue weighted by Gasteiger charge is -2.21. The van der Waals surface area contributed by atoms with Gasteiger partial charge in [-0.25, -0.2) is 0 Å². The highest BCUT2D eigenvalue weighted by Gasteiger charge is 2.28. The van der Waals surface area contributed by atoms with E-state index in [-0.39, 0.29) is 11.9 Å². The van der Waals surface area contributed by atoms with E-state index in [1.807, 2.05) is 4.90 Å². The van der Waals surface area contributed by atoms with Crippen molar-refractivity contribution in [3.8, 4) is 0 Å². The molecule has 0 saturated carbocycles. The van der Waals surface area contributed by atoms with Crippen LogP contribution in [-0.2, 0) is 4.79 Å². The molecule has 0 aromatic rings. The Balaban J connectivity index is 2.32. The minimum atomic E-state index is -0.355. The summed E-state index contributed by atoms with van der Waals surface area (Å²) >= 11 is 0. The third kappa shape index (κ3) is 3.76. The third-order valence-electron chi connectivity index (χ3n) is 3.16. The fourth-order valence-electron chi connectivity index (χ4n) is 2.38. The number of amides is 1. The van der Waals surface area contributed by atoms with Gasteiger partial charge < -0.3 is 15.5 Å². The van der Waals surface area contributed by atoms with Crippen molar-refractivity contribution in [3.05, 3.63) is 0 Å². The van der Waals surface area contributed by atoms with Crippen LogP contribution in [0.25, 0.3) is 0 Å². The number of carbonyl (C=O) groups excluding carboxylic acids is 1. The monoisotopic (exact) mass is 227 g/mol. The van der Waals surface area contributed by atoms with E-state index >= 15 is 0 Å². The maximum absolute atomic E-state index is 11.7. The molecule has 4 nitrogen and oxygen atoms in total. The molecular weight excluding hydrogens is 202 g/mol. The number of nitrogens with zero attached hydrogens (tertiary/aromatic N) is 2. The number of nitrogens with two attached hydrogens (primary N) is 1. The molecule has 1 aliphatic rings. The Morgan fingerprint density at radius 1 is 1.62 bits per heavy atom. The van der Waals surface area contributed by atoms with Crippen LogP contribution in [0.5, 0.6) is 0 Å². The Labute approximate surface area is 98.8 Å². The molecule has 0 aliphatic carbocycles. The number of hydrogen-bond donors (Lipinski definition) is 1. The van der Waals surface area contributed by atoms with Crippen LogP contribution in [0.2, 0.25) is 0 Å². The van der Waals surface area contributed by atoms with Gasteiger partial charge in [0.1, 0.15) is 0 Å². The highest BCUT2D eigenvalue weighted by molar-refractivity contribution is 5.81. The van der Waals surface area contributed by atoms with E-state index in [4.69, 9.17) is 5.73 Å². The first-order valence-electron chi connectivity index (χ1n) is 6.27. The van der Waals surface area contributed by atoms with Crippen LogP contribution >= 0.6 is 0 Å². The molecule has 0 bridgehead atoms. The van der Waals surface area contributed by atoms with E-state index in [1.165, 1.54) is 6.42 Å². The highest BCUT2D eigenvalue weighted by atomic mass is 16.2. The Kier molecular flexibility index (Phi) is 5.22. The third-order valence-corrected chi connectivity index (χ3v) is 3.16. The molecule has 1 fully saturated rings. The first-order chi connectivity index (χ1) is 7.54. The molecule has 16 heavy (non-hydrogen) atoms. The van der Waals surface area contributed by atoms with Gasteiger partial charge in [-0.15, -0.1) is 0 Å². The second-order valence-corrected chi connectivity index (χ2v) is 4.99. The van der Waals surface area contributed by atoms with Gasteiger partial charge in [0.05, 0.1) is 6.04 Å². The molecule has 1 rings (SSSR count). The van der Waals surface area contributed by atoms with Crippen LogP contribution in [0.4, 0.5) is 0 Å². The summed E-state index contributed by atoms with van der Waals surface area (Å²) < 4.78 is 0. The molecule has 0 aromatic carbocycles. The molecule has 2 N–H and O–H groups in total. The van der Waals surface area contributed by atoms with Gasteiger partial charge in [-0.05, 0) is 39.3 Å². The van der Waals surface area contributed by atoms with Crippen LogP contribution in [0.15, 0.2) is 0 Å². The Hall–Kier alpha value is -0.610. The van der Waals surface area contributed by atoms with Crippen molar-refractivity contribution in [2.75, 3.05) is 33.2 Å². The Bertz CT molecular complexity index is 230. The van der Waals surface area contributed by atoms with Crippen LogP contribution in [0.3, 0.4) is 0 Å². The topological polar surface area (TPSA) is 49.6 Å². The molecule has 2 atom stereocenters. The first-order valence-corrected chi connectivity index (χ1v) is 6.27. The van der Waals surface area contributed by atoms with Gasteiger partial charge in [-0.1, -0.05) is 6.92 Å². The van der Waals surface area contributed by atoms with Crippen LogP contribution < -0.4 is 5.73 Å². The number of carbonyl (C=O) groups is 1. The van der Waals surface area contributed by atoms with Crippen molar-refractivity contribution >= 4 is 5.91 Å². The largest absolute Gasteiger partial charge is 0.341 e. The Morgan fingerprint density at radius 3 is 2.88 bits per heavy atom. The van der Waals surface area contributed by atoms with Gasteiger partial charge in [0.25, 0.3) is 0 Å². The lowest BCUT2D eigenvalue weighted by atomic mass is 10.1. The average Bonchev–Trinajstić information content (AvgIpc) is 2.65. The van der Waals surface area contributed by atoms with Crippen LogP contribution in [-0.4, -0.2) is 55.0 Å². The SMILES string of the molecule is CCCN(C)CC1CCN(C(=O)[C@@H](C)N)C1. The first kappa shape index (κ1) is 13.5. The summed E-state index contributed by atoms with van der Waals surface area (Å²) in [5, 5.41) is 0. The lowest BCUT2D eigenvalue weighted by Crippen LogP contribution is -2.41. The van der Waals surface area contributed by atoms with E-state index in [0.29, 0.717) is 5.92 Å². The molecule has 1 amide bonds. The summed E-state index contributed by atoms with van der Waals surface area (Å²) in [4.78, 5) is 16.0. The van der Waals surface area contributed by atoms with Gasteiger partial charge in [-0.3, -0.25) is 4.79 Å². The normalized spacial score (nSPS) is 22.8. The van der Waals surface area contributed by atoms with Crippen molar-refractivity contribution in [2.45, 2.75) is 32.7 Å². The van der Waals surface area contributed by atoms with E-state index in [9.17, 15) is 4.79 Å². The summed E-state index contributed by atoms with van der Waals surface area (Å²) in [6.45, 7) is 7.95. The van der Waals surface area contributed by atoms with Crippen molar-refractivity contribution < 1.29 is 4.79 Å². The summed E-state index contributed by atoms with van der Waals surface area (Å²) in [5.41, 5.74) is 5.61. The summed E-state index contributed by atoms with van der Waals surface area (Å²) in [6, 6.07) is -0.355. The standard InChI is InChI=1S/C12H25N3O/c1-4-6-14(3)8-11-5-7-15(9-11)12(16)10(2)13/h10-11H,4-9,13H2,1-3H3/t10-,11?/m1/s1. The van der Waals surface area contributed by atoms with Crippen molar-refractivity contribution in [1.29, 1.82) is 0 Å². The second kappa shape index (κ2) is 6.21. The molecule has 1 heterocycles. The molecule has 1 unspecified atom stereocenters. The molecule has 0 spiro atoms. The van der Waals surface area contributed by atoms with Crippen molar-refractivity contribution in [2.24, 2.45) is 11.7 Å². The fraction of sp³-hybridized carbons (Fsp3) is 0.917. The zero-order valence-corrected chi connectivity index (χ0v) is 10.8. The van der Waals surface area contributed by atoms with Crippen LogP contribution in [0.1, 0.15) is 26.7 Å². The molecule has 0 radical (unpaired) electrons. The number of hydrogen-bond acceptors (Lipinski definition) is 3. The van der Waals surface area contributed by atoms with Gasteiger partial charge in [0.15, 0.2) is 0 Å². The van der Waals surface area contributed by atoms with Crippen molar-refractivity contribution in [3.63, 3.8) is 0 Å². The summed E-state index contributed by atoms with van der Waals surface area (Å²) in [7, 11) is 2.15. The van der Waals surface area contributed by atoms with Gasteiger partial charge in [0.2, 0.25) is 5.91 Å². The molecule has 1 saturated heterocycles. The second-order valence-electron chi connectivity index (χ2n) is 4.99. The van der Waals surface area contributed by atoms with E-state index in [0.717, 1.165) is 32.6 Å². The summed E-state index contributed by atoms with van der Waals surface area (Å²) in [6.07, 6.45) is 2.30. The lowest BCUT2D eigenvalue weighted by molar-refractivity contribution is -0.131. The minimum absolute atomic E-state index is 0.0978. The van der Waals surface area contributed by atoms with E-state index in [1.54, 1.807) is 6.92 Å². The van der Waals surface area contributed by atoms with Crippen molar-refractivity contribution in [1.82, 2.24) is 9.80 Å². The zero-order valence-electron chi connectivity index (χ0n) is 10.8.